The molecule has 0 radical (unpaired) electrons. The molecule has 7 nitrogen and oxygen atoms in total. The van der Waals surface area contributed by atoms with Crippen LogP contribution in [0.3, 0.4) is 0 Å². The van der Waals surface area contributed by atoms with Gasteiger partial charge >= 0.3 is 0 Å². The van der Waals surface area contributed by atoms with E-state index in [9.17, 15) is 10.0 Å². The lowest BCUT2D eigenvalue weighted by molar-refractivity contribution is -0.125. The third kappa shape index (κ3) is 4.67. The number of quaternary nitrogens is 1. The van der Waals surface area contributed by atoms with E-state index in [0.29, 0.717) is 24.2 Å². The minimum Gasteiger partial charge on any atom is -0.627 e. The average Bonchev–Trinajstić information content (AvgIpc) is 3.16. The van der Waals surface area contributed by atoms with Crippen molar-refractivity contribution in [2.75, 3.05) is 26.2 Å². The van der Waals surface area contributed by atoms with E-state index >= 15 is 0 Å². The molecule has 4 N–H and O–H groups in total. The van der Waals surface area contributed by atoms with E-state index < -0.39 is 10.7 Å². The Morgan fingerprint density at radius 2 is 1.86 bits per heavy atom. The van der Waals surface area contributed by atoms with E-state index in [1.54, 1.807) is 12.1 Å². The number of nitrogens with zero attached hydrogens (tertiary/aromatic N) is 2. The third-order valence-electron chi connectivity index (χ3n) is 7.48. The Kier molecular flexibility index (Phi) is 6.56. The number of likely N-dealkylation sites (tertiary alicyclic amines) is 1. The van der Waals surface area contributed by atoms with E-state index in [4.69, 9.17) is 11.1 Å². The van der Waals surface area contributed by atoms with Gasteiger partial charge in [-0.25, -0.2) is 0 Å². The van der Waals surface area contributed by atoms with Gasteiger partial charge in [-0.1, -0.05) is 61.0 Å². The second kappa shape index (κ2) is 9.77. The Bertz CT molecular complexity index is 1250. The van der Waals surface area contributed by atoms with E-state index in [1.807, 2.05) is 48.5 Å². The highest BCUT2D eigenvalue weighted by atomic mass is 16.6. The molecule has 0 bridgehead atoms. The summed E-state index contributed by atoms with van der Waals surface area (Å²) in [5.74, 6) is -0.295. The Balaban J connectivity index is 1.44. The van der Waals surface area contributed by atoms with Crippen LogP contribution in [-0.4, -0.2) is 48.9 Å². The van der Waals surface area contributed by atoms with Crippen LogP contribution in [0.2, 0.25) is 0 Å². The molecule has 2 atom stereocenters. The van der Waals surface area contributed by atoms with Gasteiger partial charge in [-0.2, -0.15) is 0 Å². The van der Waals surface area contributed by atoms with Crippen molar-refractivity contribution >= 4 is 28.2 Å². The maximum atomic E-state index is 14.7. The van der Waals surface area contributed by atoms with Crippen molar-refractivity contribution in [2.24, 2.45) is 5.73 Å². The van der Waals surface area contributed by atoms with Crippen molar-refractivity contribution in [3.8, 4) is 0 Å². The summed E-state index contributed by atoms with van der Waals surface area (Å²) in [6.45, 7) is 3.63. The fourth-order valence-corrected chi connectivity index (χ4v) is 5.58. The summed E-state index contributed by atoms with van der Waals surface area (Å²) in [5.41, 5.74) is 8.54. The summed E-state index contributed by atoms with van der Waals surface area (Å²) in [5, 5.41) is 27.7. The number of hydroxylamine groups is 2. The number of hydrogen-bond acceptors (Lipinski definition) is 4. The molecule has 1 saturated heterocycles. The molecule has 3 aromatic rings. The molecule has 182 valence electrons. The summed E-state index contributed by atoms with van der Waals surface area (Å²) in [6, 6.07) is 18.5. The molecule has 0 aromatic heterocycles. The molecule has 1 fully saturated rings. The third-order valence-corrected chi connectivity index (χ3v) is 7.48. The zero-order chi connectivity index (χ0) is 24.4. The van der Waals surface area contributed by atoms with Crippen LogP contribution >= 0.6 is 0 Å². The van der Waals surface area contributed by atoms with Gasteiger partial charge in [-0.3, -0.25) is 10.2 Å². The number of nitrogens with two attached hydrogens (primary N) is 1. The van der Waals surface area contributed by atoms with E-state index in [-0.39, 0.29) is 18.3 Å². The Morgan fingerprint density at radius 1 is 1.09 bits per heavy atom. The second-order valence-electron chi connectivity index (χ2n) is 9.76. The van der Waals surface area contributed by atoms with Crippen LogP contribution in [0.5, 0.6) is 0 Å². The maximum absolute atomic E-state index is 14.7. The predicted molar refractivity (Wildman–Crippen MR) is 141 cm³/mol. The van der Waals surface area contributed by atoms with Gasteiger partial charge < -0.3 is 25.8 Å². The number of amidine groups is 1. The van der Waals surface area contributed by atoms with Crippen LogP contribution in [0, 0.1) is 10.6 Å². The first-order chi connectivity index (χ1) is 17.0. The molecular weight excluding hydrogens is 438 g/mol. The number of nitrogens with one attached hydrogen (secondary N) is 2. The predicted octanol–water partition coefficient (Wildman–Crippen LogP) is 3.66. The van der Waals surface area contributed by atoms with Crippen LogP contribution in [0.1, 0.15) is 36.0 Å². The lowest BCUT2D eigenvalue weighted by Gasteiger charge is -2.43. The molecular formula is C28H33N5O2. The Labute approximate surface area is 206 Å². The van der Waals surface area contributed by atoms with Gasteiger partial charge in [0.05, 0.1) is 0 Å². The molecule has 0 spiro atoms. The minimum absolute atomic E-state index is 0.0843. The molecule has 0 aliphatic carbocycles. The summed E-state index contributed by atoms with van der Waals surface area (Å²) >= 11 is 0. The normalized spacial score (nSPS) is 22.1. The SMILES string of the molecule is N=C(N)c1ccc2c(c1)[N+]([O-])(Cc1cccc3ccccc13)C(C(=O)NCCN1CCCCC1)C2. The number of benzene rings is 3. The van der Waals surface area contributed by atoms with Crippen molar-refractivity contribution in [3.05, 3.63) is 82.6 Å². The van der Waals surface area contributed by atoms with E-state index in [2.05, 4.69) is 10.2 Å². The largest absolute Gasteiger partial charge is 0.627 e. The van der Waals surface area contributed by atoms with Gasteiger partial charge in [-0.05, 0) is 36.7 Å². The quantitative estimate of drug-likeness (QED) is 0.212. The van der Waals surface area contributed by atoms with Gasteiger partial charge in [0.2, 0.25) is 0 Å². The van der Waals surface area contributed by atoms with Gasteiger partial charge in [-0.15, -0.1) is 0 Å². The van der Waals surface area contributed by atoms with Gasteiger partial charge in [0, 0.05) is 42.3 Å². The van der Waals surface area contributed by atoms with Crippen molar-refractivity contribution < 1.29 is 4.79 Å². The zero-order valence-electron chi connectivity index (χ0n) is 20.0. The fourth-order valence-electron chi connectivity index (χ4n) is 5.58. The van der Waals surface area contributed by atoms with E-state index in [0.717, 1.165) is 41.5 Å². The monoisotopic (exact) mass is 471 g/mol. The van der Waals surface area contributed by atoms with Crippen LogP contribution in [-0.2, 0) is 17.8 Å². The second-order valence-corrected chi connectivity index (χ2v) is 9.76. The fraction of sp³-hybridized carbons (Fsp3) is 0.357. The molecule has 2 heterocycles. The summed E-state index contributed by atoms with van der Waals surface area (Å²) in [7, 11) is 0. The topological polar surface area (TPSA) is 105 Å². The number of carbonyl (C=O) groups excluding carboxylic acids is 1. The summed E-state index contributed by atoms with van der Waals surface area (Å²) in [4.78, 5) is 15.8. The molecule has 2 aliphatic rings. The maximum Gasteiger partial charge on any atom is 0.279 e. The smallest absolute Gasteiger partial charge is 0.279 e. The minimum atomic E-state index is -0.785. The number of piperidine rings is 1. The number of carbonyl (C=O) groups is 1. The number of nitrogen functional groups attached to an aromatic ring is 1. The first-order valence-electron chi connectivity index (χ1n) is 12.5. The number of fused-ring (bicyclic) bond motifs is 2. The highest BCUT2D eigenvalue weighted by Gasteiger charge is 2.45. The molecule has 1 amide bonds. The zero-order valence-corrected chi connectivity index (χ0v) is 20.0. The molecule has 7 heteroatoms. The Morgan fingerprint density at radius 3 is 2.66 bits per heavy atom. The van der Waals surface area contributed by atoms with Crippen LogP contribution < -0.4 is 15.7 Å². The van der Waals surface area contributed by atoms with Crippen molar-refractivity contribution in [1.29, 1.82) is 5.41 Å². The number of hydrogen-bond donors (Lipinski definition) is 3. The number of rotatable bonds is 7. The van der Waals surface area contributed by atoms with Crippen molar-refractivity contribution in [1.82, 2.24) is 14.9 Å². The van der Waals surface area contributed by atoms with Crippen LogP contribution in [0.25, 0.3) is 10.8 Å². The average molecular weight is 472 g/mol. The molecule has 5 rings (SSSR count). The highest BCUT2D eigenvalue weighted by Crippen LogP contribution is 2.41. The molecule has 3 aromatic carbocycles. The molecule has 35 heavy (non-hydrogen) atoms. The van der Waals surface area contributed by atoms with Gasteiger partial charge in [0.25, 0.3) is 5.91 Å². The van der Waals surface area contributed by atoms with E-state index in [1.165, 1.54) is 19.3 Å². The Hall–Kier alpha value is -3.26. The summed E-state index contributed by atoms with van der Waals surface area (Å²) in [6.07, 6.45) is 4.05. The molecule has 2 unspecified atom stereocenters. The van der Waals surface area contributed by atoms with Crippen LogP contribution in [0.15, 0.2) is 60.7 Å². The first kappa shape index (κ1) is 23.5. The van der Waals surface area contributed by atoms with Gasteiger partial charge in [0.15, 0.2) is 6.04 Å². The number of amides is 1. The van der Waals surface area contributed by atoms with Crippen molar-refractivity contribution in [3.63, 3.8) is 0 Å². The van der Waals surface area contributed by atoms with Crippen LogP contribution in [0.4, 0.5) is 5.69 Å². The summed E-state index contributed by atoms with van der Waals surface area (Å²) < 4.78 is -0.778. The van der Waals surface area contributed by atoms with Gasteiger partial charge in [0.1, 0.15) is 18.1 Å². The lowest BCUT2D eigenvalue weighted by Crippen LogP contribution is -2.56. The van der Waals surface area contributed by atoms with Crippen molar-refractivity contribution in [2.45, 2.75) is 38.3 Å². The lowest BCUT2D eigenvalue weighted by atomic mass is 10.0. The first-order valence-corrected chi connectivity index (χ1v) is 12.5. The standard InChI is InChI=1S/C28H33N5O2/c29-27(30)22-12-11-21-17-26(28(34)31-13-16-32-14-4-1-5-15-32)33(35,25(21)18-22)19-23-9-6-8-20-7-2-3-10-24(20)23/h2-3,6-12,18,26H,1,4-5,13-17,19H2,(H3,29,30)(H,31,34). The molecule has 2 aliphatic heterocycles. The highest BCUT2D eigenvalue weighted by molar-refractivity contribution is 5.97. The molecule has 0 saturated carbocycles.